The maximum absolute atomic E-state index is 6.18. The number of hydrogen-bond donors (Lipinski definition) is 1. The minimum Gasteiger partial charge on any atom is -0.320 e. The first kappa shape index (κ1) is 9.55. The van der Waals surface area contributed by atoms with Crippen LogP contribution in [0.25, 0.3) is 10.2 Å². The molecule has 0 aliphatic heterocycles. The Morgan fingerprint density at radius 1 is 1.50 bits per heavy atom. The van der Waals surface area contributed by atoms with E-state index in [-0.39, 0.29) is 5.54 Å². The zero-order valence-corrected chi connectivity index (χ0v) is 9.14. The lowest BCUT2D eigenvalue weighted by Gasteiger charge is -2.22. The lowest BCUT2D eigenvalue weighted by Crippen LogP contribution is -2.33. The van der Waals surface area contributed by atoms with E-state index in [0.29, 0.717) is 0 Å². The molecule has 14 heavy (non-hydrogen) atoms. The molecule has 0 aromatic carbocycles. The molecule has 4 heteroatoms. The third-order valence-electron chi connectivity index (χ3n) is 2.54. The molecule has 0 aliphatic carbocycles. The van der Waals surface area contributed by atoms with Crippen LogP contribution in [0.2, 0.25) is 0 Å². The summed E-state index contributed by atoms with van der Waals surface area (Å²) in [6.07, 6.45) is 2.46. The third-order valence-corrected chi connectivity index (χ3v) is 3.36. The zero-order chi connectivity index (χ0) is 10.2. The van der Waals surface area contributed by atoms with Gasteiger partial charge in [0.1, 0.15) is 11.2 Å². The van der Waals surface area contributed by atoms with Gasteiger partial charge in [-0.25, -0.2) is 9.97 Å². The third kappa shape index (κ3) is 1.40. The van der Waals surface area contributed by atoms with Crippen molar-refractivity contribution in [1.82, 2.24) is 9.97 Å². The van der Waals surface area contributed by atoms with Crippen LogP contribution in [0, 0.1) is 0 Å². The van der Waals surface area contributed by atoms with Crippen LogP contribution < -0.4 is 5.73 Å². The lowest BCUT2D eigenvalue weighted by molar-refractivity contribution is 0.466. The normalized spacial score (nSPS) is 15.6. The Hall–Kier alpha value is -1.00. The van der Waals surface area contributed by atoms with E-state index in [1.54, 1.807) is 17.7 Å². The minimum absolute atomic E-state index is 0.359. The summed E-state index contributed by atoms with van der Waals surface area (Å²) >= 11 is 1.62. The van der Waals surface area contributed by atoms with Crippen molar-refractivity contribution >= 4 is 21.6 Å². The molecule has 0 saturated heterocycles. The van der Waals surface area contributed by atoms with E-state index in [1.165, 1.54) is 0 Å². The van der Waals surface area contributed by atoms with Crippen LogP contribution in [-0.4, -0.2) is 9.97 Å². The van der Waals surface area contributed by atoms with Gasteiger partial charge in [0.05, 0.1) is 11.2 Å². The Morgan fingerprint density at radius 3 is 3.00 bits per heavy atom. The zero-order valence-electron chi connectivity index (χ0n) is 8.32. The largest absolute Gasteiger partial charge is 0.320 e. The Kier molecular flexibility index (Phi) is 2.25. The van der Waals surface area contributed by atoms with Gasteiger partial charge in [-0.3, -0.25) is 0 Å². The quantitative estimate of drug-likeness (QED) is 0.822. The molecule has 74 valence electrons. The second-order valence-electron chi connectivity index (χ2n) is 3.63. The topological polar surface area (TPSA) is 51.8 Å². The number of rotatable bonds is 2. The molecule has 1 atom stereocenters. The highest BCUT2D eigenvalue weighted by Crippen LogP contribution is 2.28. The number of fused-ring (bicyclic) bond motifs is 1. The van der Waals surface area contributed by atoms with Crippen LogP contribution in [-0.2, 0) is 5.54 Å². The molecule has 0 spiro atoms. The minimum atomic E-state index is -0.359. The number of nitrogens with two attached hydrogens (primary N) is 1. The van der Waals surface area contributed by atoms with Crippen LogP contribution >= 0.6 is 11.3 Å². The van der Waals surface area contributed by atoms with Crippen LogP contribution in [0.15, 0.2) is 17.8 Å². The summed E-state index contributed by atoms with van der Waals surface area (Å²) in [7, 11) is 0. The van der Waals surface area contributed by atoms with Crippen molar-refractivity contribution < 1.29 is 0 Å². The first-order valence-corrected chi connectivity index (χ1v) is 5.50. The van der Waals surface area contributed by atoms with E-state index >= 15 is 0 Å². The van der Waals surface area contributed by atoms with E-state index in [9.17, 15) is 0 Å². The van der Waals surface area contributed by atoms with Crippen LogP contribution in [0.4, 0.5) is 0 Å². The number of hydrogen-bond acceptors (Lipinski definition) is 4. The molecule has 2 rings (SSSR count). The molecular weight excluding hydrogens is 194 g/mol. The monoisotopic (exact) mass is 207 g/mol. The Balaban J connectivity index is 2.67. The second-order valence-corrected chi connectivity index (χ2v) is 4.53. The maximum atomic E-state index is 6.18. The van der Waals surface area contributed by atoms with Crippen LogP contribution in [0.3, 0.4) is 0 Å². The summed E-state index contributed by atoms with van der Waals surface area (Å²) in [5.74, 6) is 0. The molecule has 3 nitrogen and oxygen atoms in total. The first-order valence-electron chi connectivity index (χ1n) is 4.62. The molecule has 0 bridgehead atoms. The summed E-state index contributed by atoms with van der Waals surface area (Å²) in [6.45, 7) is 4.08. The summed E-state index contributed by atoms with van der Waals surface area (Å²) in [6, 6.07) is 2.04. The van der Waals surface area contributed by atoms with Gasteiger partial charge in [0.15, 0.2) is 0 Å². The van der Waals surface area contributed by atoms with Gasteiger partial charge < -0.3 is 5.73 Å². The van der Waals surface area contributed by atoms with Gasteiger partial charge in [-0.2, -0.15) is 0 Å². The summed E-state index contributed by atoms with van der Waals surface area (Å²) in [4.78, 5) is 9.51. The van der Waals surface area contributed by atoms with Crippen molar-refractivity contribution in [2.45, 2.75) is 25.8 Å². The Labute approximate surface area is 87.0 Å². The molecule has 0 saturated carbocycles. The average molecular weight is 207 g/mol. The molecule has 0 amide bonds. The first-order chi connectivity index (χ1) is 6.65. The highest BCUT2D eigenvalue weighted by Gasteiger charge is 2.23. The number of thiophene rings is 1. The van der Waals surface area contributed by atoms with E-state index in [0.717, 1.165) is 22.3 Å². The summed E-state index contributed by atoms with van der Waals surface area (Å²) < 4.78 is 0. The molecule has 0 radical (unpaired) electrons. The van der Waals surface area contributed by atoms with Gasteiger partial charge in [0.25, 0.3) is 0 Å². The smallest absolute Gasteiger partial charge is 0.126 e. The van der Waals surface area contributed by atoms with Gasteiger partial charge in [0.2, 0.25) is 0 Å². The van der Waals surface area contributed by atoms with Gasteiger partial charge >= 0.3 is 0 Å². The fourth-order valence-corrected chi connectivity index (χ4v) is 2.15. The lowest BCUT2D eigenvalue weighted by atomic mass is 9.94. The summed E-state index contributed by atoms with van der Waals surface area (Å²) in [5.41, 5.74) is 6.77. The predicted molar refractivity (Wildman–Crippen MR) is 59.2 cm³/mol. The van der Waals surface area contributed by atoms with E-state index in [1.807, 2.05) is 18.4 Å². The Morgan fingerprint density at radius 2 is 2.29 bits per heavy atom. The van der Waals surface area contributed by atoms with Crippen molar-refractivity contribution in [2.24, 2.45) is 5.73 Å². The molecule has 2 aromatic rings. The highest BCUT2D eigenvalue weighted by molar-refractivity contribution is 7.16. The highest BCUT2D eigenvalue weighted by atomic mass is 32.1. The Bertz CT molecular complexity index is 447. The number of aromatic nitrogens is 2. The molecular formula is C10H13N3S. The fraction of sp³-hybridized carbons (Fsp3) is 0.400. The maximum Gasteiger partial charge on any atom is 0.126 e. The van der Waals surface area contributed by atoms with Crippen LogP contribution in [0.1, 0.15) is 26.0 Å². The van der Waals surface area contributed by atoms with Gasteiger partial charge in [-0.1, -0.05) is 6.92 Å². The fourth-order valence-electron chi connectivity index (χ4n) is 1.41. The van der Waals surface area contributed by atoms with Crippen molar-refractivity contribution in [2.75, 3.05) is 0 Å². The molecule has 2 heterocycles. The standard InChI is InChI=1S/C10H13N3S/c1-3-10(2,11)8-7-4-5-14-9(7)13-6-12-8/h4-6H,3,11H2,1-2H3. The van der Waals surface area contributed by atoms with Crippen molar-refractivity contribution in [3.63, 3.8) is 0 Å². The van der Waals surface area contributed by atoms with Crippen molar-refractivity contribution in [3.8, 4) is 0 Å². The molecule has 1 unspecified atom stereocenters. The van der Waals surface area contributed by atoms with Gasteiger partial charge in [0, 0.05) is 5.39 Å². The molecule has 2 N–H and O–H groups in total. The molecule has 0 aliphatic rings. The predicted octanol–water partition coefficient (Wildman–Crippen LogP) is 2.28. The van der Waals surface area contributed by atoms with Gasteiger partial charge in [-0.05, 0) is 24.8 Å². The molecule has 0 fully saturated rings. The van der Waals surface area contributed by atoms with Crippen molar-refractivity contribution in [1.29, 1.82) is 0 Å². The number of nitrogens with zero attached hydrogens (tertiary/aromatic N) is 2. The van der Waals surface area contributed by atoms with E-state index in [2.05, 4.69) is 16.9 Å². The summed E-state index contributed by atoms with van der Waals surface area (Å²) in [5, 5.41) is 3.11. The van der Waals surface area contributed by atoms with E-state index < -0.39 is 0 Å². The van der Waals surface area contributed by atoms with E-state index in [4.69, 9.17) is 5.73 Å². The second kappa shape index (κ2) is 3.29. The average Bonchev–Trinajstić information content (AvgIpc) is 2.64. The molecule has 2 aromatic heterocycles. The van der Waals surface area contributed by atoms with Gasteiger partial charge in [-0.15, -0.1) is 11.3 Å². The van der Waals surface area contributed by atoms with Crippen LogP contribution in [0.5, 0.6) is 0 Å². The SMILES string of the molecule is CCC(C)(N)c1ncnc2sccc12. The van der Waals surface area contributed by atoms with Crippen molar-refractivity contribution in [3.05, 3.63) is 23.5 Å².